The van der Waals surface area contributed by atoms with Gasteiger partial charge in [0, 0.05) is 6.61 Å². The van der Waals surface area contributed by atoms with Crippen LogP contribution in [0.4, 0.5) is 0 Å². The zero-order valence-corrected chi connectivity index (χ0v) is 13.9. The minimum Gasteiger partial charge on any atom is -0.378 e. The Bertz CT molecular complexity index is 280. The second kappa shape index (κ2) is 6.79. The van der Waals surface area contributed by atoms with Crippen molar-refractivity contribution in [2.45, 2.75) is 84.7 Å². The maximum Gasteiger partial charge on any atom is 0.0576 e. The first kappa shape index (κ1) is 16.3. The van der Waals surface area contributed by atoms with Gasteiger partial charge in [-0.25, -0.2) is 0 Å². The summed E-state index contributed by atoms with van der Waals surface area (Å²) in [6.07, 6.45) is 12.4. The molecule has 1 unspecified atom stereocenters. The first-order chi connectivity index (χ1) is 9.45. The van der Waals surface area contributed by atoms with E-state index in [2.05, 4.69) is 20.8 Å². The molecule has 118 valence electrons. The van der Waals surface area contributed by atoms with Crippen molar-refractivity contribution in [2.24, 2.45) is 22.5 Å². The zero-order chi connectivity index (χ0) is 14.6. The van der Waals surface area contributed by atoms with Gasteiger partial charge in [0.2, 0.25) is 0 Å². The van der Waals surface area contributed by atoms with Crippen molar-refractivity contribution >= 4 is 0 Å². The molecule has 0 aromatic carbocycles. The lowest BCUT2D eigenvalue weighted by atomic mass is 9.62. The molecule has 2 rings (SSSR count). The minimum atomic E-state index is 0.445. The van der Waals surface area contributed by atoms with Crippen molar-refractivity contribution in [1.29, 1.82) is 0 Å². The third-order valence-corrected chi connectivity index (χ3v) is 5.96. The highest BCUT2D eigenvalue weighted by Gasteiger charge is 2.37. The summed E-state index contributed by atoms with van der Waals surface area (Å²) in [5.74, 6) is 0.889. The molecular formula is C18H35NO. The van der Waals surface area contributed by atoms with Crippen molar-refractivity contribution in [3.8, 4) is 0 Å². The van der Waals surface area contributed by atoms with Gasteiger partial charge in [-0.05, 0) is 74.7 Å². The summed E-state index contributed by atoms with van der Waals surface area (Å²) in [4.78, 5) is 0. The Morgan fingerprint density at radius 3 is 2.35 bits per heavy atom. The maximum absolute atomic E-state index is 6.16. The van der Waals surface area contributed by atoms with Gasteiger partial charge in [-0.15, -0.1) is 0 Å². The predicted molar refractivity (Wildman–Crippen MR) is 85.7 cm³/mol. The summed E-state index contributed by atoms with van der Waals surface area (Å²) in [6.45, 7) is 9.05. The Kier molecular flexibility index (Phi) is 5.53. The maximum atomic E-state index is 6.16. The summed E-state index contributed by atoms with van der Waals surface area (Å²) in [7, 11) is 0. The lowest BCUT2D eigenvalue weighted by molar-refractivity contribution is 0.0715. The highest BCUT2D eigenvalue weighted by atomic mass is 16.5. The summed E-state index contributed by atoms with van der Waals surface area (Å²) < 4.78 is 5.74. The molecule has 1 saturated carbocycles. The quantitative estimate of drug-likeness (QED) is 0.804. The molecule has 2 heteroatoms. The lowest BCUT2D eigenvalue weighted by Crippen LogP contribution is -2.37. The van der Waals surface area contributed by atoms with Crippen LogP contribution < -0.4 is 5.73 Å². The molecule has 20 heavy (non-hydrogen) atoms. The fourth-order valence-corrected chi connectivity index (χ4v) is 4.23. The van der Waals surface area contributed by atoms with E-state index in [1.807, 2.05) is 0 Å². The van der Waals surface area contributed by atoms with Crippen LogP contribution in [0.5, 0.6) is 0 Å². The third kappa shape index (κ3) is 4.21. The molecule has 1 aliphatic carbocycles. The monoisotopic (exact) mass is 281 g/mol. The second-order valence-electron chi connectivity index (χ2n) is 8.37. The summed E-state index contributed by atoms with van der Waals surface area (Å²) in [6, 6.07) is 0. The summed E-state index contributed by atoms with van der Waals surface area (Å²) in [5.41, 5.74) is 7.07. The van der Waals surface area contributed by atoms with Crippen molar-refractivity contribution < 1.29 is 4.74 Å². The van der Waals surface area contributed by atoms with Crippen LogP contribution in [0.25, 0.3) is 0 Å². The molecule has 0 aromatic rings. The molecule has 2 nitrogen and oxygen atoms in total. The molecule has 1 heterocycles. The van der Waals surface area contributed by atoms with Crippen LogP contribution in [0.2, 0.25) is 0 Å². The first-order valence-electron chi connectivity index (χ1n) is 8.77. The van der Waals surface area contributed by atoms with E-state index in [4.69, 9.17) is 10.5 Å². The number of rotatable bonds is 5. The number of ether oxygens (including phenoxy) is 1. The third-order valence-electron chi connectivity index (χ3n) is 5.96. The molecule has 1 aliphatic heterocycles. The van der Waals surface area contributed by atoms with Gasteiger partial charge in [0.25, 0.3) is 0 Å². The predicted octanol–water partition coefficient (Wildman–Crippen LogP) is 4.52. The van der Waals surface area contributed by atoms with E-state index in [1.54, 1.807) is 0 Å². The van der Waals surface area contributed by atoms with E-state index < -0.39 is 0 Å². The number of nitrogens with two attached hydrogens (primary N) is 1. The molecule has 2 N–H and O–H groups in total. The van der Waals surface area contributed by atoms with E-state index in [-0.39, 0.29) is 0 Å². The standard InChI is InChI=1S/C18H35NO/c1-17(2,3)15-8-11-18(14-19,12-9-15)10-4-6-16-7-5-13-20-16/h15-16H,4-14,19H2,1-3H3. The SMILES string of the molecule is CC(C)(C)C1CCC(CN)(CCCC2CCCO2)CC1. The Morgan fingerprint density at radius 2 is 1.85 bits per heavy atom. The molecule has 0 radical (unpaired) electrons. The minimum absolute atomic E-state index is 0.445. The van der Waals surface area contributed by atoms with Gasteiger partial charge in [0.05, 0.1) is 6.10 Å². The van der Waals surface area contributed by atoms with Crippen LogP contribution in [-0.2, 0) is 4.74 Å². The Labute approximate surface area is 125 Å². The van der Waals surface area contributed by atoms with Crippen LogP contribution in [0.1, 0.15) is 78.6 Å². The molecule has 1 saturated heterocycles. The number of hydrogen-bond acceptors (Lipinski definition) is 2. The molecule has 0 aromatic heterocycles. The van der Waals surface area contributed by atoms with E-state index in [9.17, 15) is 0 Å². The summed E-state index contributed by atoms with van der Waals surface area (Å²) >= 11 is 0. The fourth-order valence-electron chi connectivity index (χ4n) is 4.23. The van der Waals surface area contributed by atoms with Crippen LogP contribution in [0.3, 0.4) is 0 Å². The van der Waals surface area contributed by atoms with Crippen molar-refractivity contribution in [1.82, 2.24) is 0 Å². The van der Waals surface area contributed by atoms with E-state index >= 15 is 0 Å². The molecule has 2 fully saturated rings. The lowest BCUT2D eigenvalue weighted by Gasteiger charge is -2.44. The van der Waals surface area contributed by atoms with Crippen LogP contribution in [-0.4, -0.2) is 19.3 Å². The molecular weight excluding hydrogens is 246 g/mol. The van der Waals surface area contributed by atoms with Gasteiger partial charge in [0.1, 0.15) is 0 Å². The van der Waals surface area contributed by atoms with E-state index in [1.165, 1.54) is 57.8 Å². The van der Waals surface area contributed by atoms with Crippen LogP contribution in [0.15, 0.2) is 0 Å². The topological polar surface area (TPSA) is 35.2 Å². The Balaban J connectivity index is 1.76. The first-order valence-corrected chi connectivity index (χ1v) is 8.77. The average Bonchev–Trinajstić information content (AvgIpc) is 2.91. The van der Waals surface area contributed by atoms with Crippen molar-refractivity contribution in [2.75, 3.05) is 13.2 Å². The average molecular weight is 281 g/mol. The molecule has 0 bridgehead atoms. The largest absolute Gasteiger partial charge is 0.378 e. The van der Waals surface area contributed by atoms with Gasteiger partial charge >= 0.3 is 0 Å². The smallest absolute Gasteiger partial charge is 0.0576 e. The van der Waals surface area contributed by atoms with Gasteiger partial charge in [-0.1, -0.05) is 27.2 Å². The van der Waals surface area contributed by atoms with E-state index in [0.29, 0.717) is 16.9 Å². The molecule has 0 spiro atoms. The second-order valence-corrected chi connectivity index (χ2v) is 8.37. The van der Waals surface area contributed by atoms with Crippen molar-refractivity contribution in [3.63, 3.8) is 0 Å². The fraction of sp³-hybridized carbons (Fsp3) is 1.00. The zero-order valence-electron chi connectivity index (χ0n) is 13.9. The van der Waals surface area contributed by atoms with Gasteiger partial charge in [0.15, 0.2) is 0 Å². The molecule has 1 atom stereocenters. The van der Waals surface area contributed by atoms with Gasteiger partial charge in [-0.3, -0.25) is 0 Å². The Morgan fingerprint density at radius 1 is 1.15 bits per heavy atom. The van der Waals surface area contributed by atoms with Crippen LogP contribution in [0, 0.1) is 16.7 Å². The molecule has 0 amide bonds. The van der Waals surface area contributed by atoms with Crippen LogP contribution >= 0.6 is 0 Å². The summed E-state index contributed by atoms with van der Waals surface area (Å²) in [5, 5.41) is 0. The number of hydrogen-bond donors (Lipinski definition) is 1. The van der Waals surface area contributed by atoms with Gasteiger partial charge < -0.3 is 10.5 Å². The Hall–Kier alpha value is -0.0800. The van der Waals surface area contributed by atoms with Crippen molar-refractivity contribution in [3.05, 3.63) is 0 Å². The van der Waals surface area contributed by atoms with E-state index in [0.717, 1.165) is 19.1 Å². The van der Waals surface area contributed by atoms with Gasteiger partial charge in [-0.2, -0.15) is 0 Å². The normalized spacial score (nSPS) is 35.4. The highest BCUT2D eigenvalue weighted by molar-refractivity contribution is 4.90. The highest BCUT2D eigenvalue weighted by Crippen LogP contribution is 2.47. The molecule has 2 aliphatic rings.